The maximum absolute atomic E-state index is 13.7. The molecule has 1 N–H and O–H groups in total. The molecular weight excluding hydrogens is 321 g/mol. The summed E-state index contributed by atoms with van der Waals surface area (Å²) in [5, 5.41) is 8.38. The van der Waals surface area contributed by atoms with Gasteiger partial charge in [0.05, 0.1) is 15.5 Å². The van der Waals surface area contributed by atoms with Gasteiger partial charge in [0.25, 0.3) is 0 Å². The molecule has 0 radical (unpaired) electrons. The Bertz CT molecular complexity index is 677. The highest BCUT2D eigenvalue weighted by Gasteiger charge is 2.33. The summed E-state index contributed by atoms with van der Waals surface area (Å²) in [6.07, 6.45) is 1.61. The minimum absolute atomic E-state index is 0.274. The minimum Gasteiger partial charge on any atom is -0.478 e. The predicted octanol–water partition coefficient (Wildman–Crippen LogP) is 2.60. The number of halogens is 2. The van der Waals surface area contributed by atoms with E-state index < -0.39 is 32.4 Å². The third kappa shape index (κ3) is 3.04. The first-order chi connectivity index (χ1) is 9.77. The highest BCUT2D eigenvalue weighted by atomic mass is 35.5. The number of carbonyl (C=O) groups is 1. The summed E-state index contributed by atoms with van der Waals surface area (Å²) in [6, 6.07) is 1.67. The molecule has 0 saturated carbocycles. The van der Waals surface area contributed by atoms with Crippen LogP contribution in [0.1, 0.15) is 30.1 Å². The normalized spacial score (nSPS) is 19.9. The van der Waals surface area contributed by atoms with Gasteiger partial charge in [-0.05, 0) is 24.5 Å². The molecule has 21 heavy (non-hydrogen) atoms. The molecule has 1 aliphatic heterocycles. The van der Waals surface area contributed by atoms with Gasteiger partial charge in [0.2, 0.25) is 10.0 Å². The number of aromatic carboxylic acids is 1. The van der Waals surface area contributed by atoms with Crippen molar-refractivity contribution in [2.75, 3.05) is 13.1 Å². The van der Waals surface area contributed by atoms with Crippen molar-refractivity contribution in [1.29, 1.82) is 0 Å². The van der Waals surface area contributed by atoms with Gasteiger partial charge in [-0.2, -0.15) is 4.31 Å². The number of hydrogen-bond donors (Lipinski definition) is 1. The molecule has 0 aliphatic carbocycles. The standard InChI is InChI=1S/C13H15ClFNO4S/c1-2-8-3-4-16(7-8)21(19,20)9-5-10(13(17)18)12(14)11(15)6-9/h5-6,8H,2-4,7H2,1H3,(H,17,18). The Balaban J connectivity index is 2.44. The summed E-state index contributed by atoms with van der Waals surface area (Å²) in [7, 11) is -3.91. The lowest BCUT2D eigenvalue weighted by Crippen LogP contribution is -2.29. The molecule has 8 heteroatoms. The highest BCUT2D eigenvalue weighted by molar-refractivity contribution is 7.89. The van der Waals surface area contributed by atoms with Crippen molar-refractivity contribution in [1.82, 2.24) is 4.31 Å². The van der Waals surface area contributed by atoms with Gasteiger partial charge in [0.1, 0.15) is 5.82 Å². The fraction of sp³-hybridized carbons (Fsp3) is 0.462. The average Bonchev–Trinajstić information content (AvgIpc) is 2.90. The van der Waals surface area contributed by atoms with Gasteiger partial charge in [-0.3, -0.25) is 0 Å². The number of nitrogens with zero attached hydrogens (tertiary/aromatic N) is 1. The van der Waals surface area contributed by atoms with Gasteiger partial charge in [0.15, 0.2) is 0 Å². The lowest BCUT2D eigenvalue weighted by Gasteiger charge is -2.17. The number of carboxylic acids is 1. The zero-order valence-corrected chi connectivity index (χ0v) is 12.9. The first kappa shape index (κ1) is 16.2. The van der Waals surface area contributed by atoms with E-state index >= 15 is 0 Å². The maximum Gasteiger partial charge on any atom is 0.337 e. The summed E-state index contributed by atoms with van der Waals surface area (Å²) in [4.78, 5) is 10.6. The summed E-state index contributed by atoms with van der Waals surface area (Å²) < 4.78 is 39.9. The Hall–Kier alpha value is -1.18. The molecule has 0 aromatic heterocycles. The zero-order valence-electron chi connectivity index (χ0n) is 11.3. The number of hydrogen-bond acceptors (Lipinski definition) is 3. The van der Waals surface area contributed by atoms with Gasteiger partial charge in [-0.1, -0.05) is 24.9 Å². The van der Waals surface area contributed by atoms with Crippen molar-refractivity contribution < 1.29 is 22.7 Å². The van der Waals surface area contributed by atoms with E-state index in [4.69, 9.17) is 16.7 Å². The molecule has 1 atom stereocenters. The molecule has 2 rings (SSSR count). The SMILES string of the molecule is CCC1CCN(S(=O)(=O)c2cc(F)c(Cl)c(C(=O)O)c2)C1. The summed E-state index contributed by atoms with van der Waals surface area (Å²) in [5.41, 5.74) is -0.554. The molecule has 1 heterocycles. The van der Waals surface area contributed by atoms with Crippen molar-refractivity contribution in [2.45, 2.75) is 24.7 Å². The van der Waals surface area contributed by atoms with E-state index in [0.29, 0.717) is 13.1 Å². The number of benzene rings is 1. The molecule has 1 fully saturated rings. The smallest absolute Gasteiger partial charge is 0.337 e. The van der Waals surface area contributed by atoms with E-state index in [9.17, 15) is 17.6 Å². The first-order valence-electron chi connectivity index (χ1n) is 6.49. The lowest BCUT2D eigenvalue weighted by atomic mass is 10.1. The van der Waals surface area contributed by atoms with Crippen LogP contribution in [0, 0.1) is 11.7 Å². The molecule has 0 amide bonds. The fourth-order valence-electron chi connectivity index (χ4n) is 2.37. The van der Waals surface area contributed by atoms with E-state index in [1.54, 1.807) is 0 Å². The number of carboxylic acid groups (broad SMARTS) is 1. The monoisotopic (exact) mass is 335 g/mol. The van der Waals surface area contributed by atoms with Crippen LogP contribution in [-0.4, -0.2) is 36.9 Å². The second-order valence-electron chi connectivity index (χ2n) is 5.00. The van der Waals surface area contributed by atoms with Crippen molar-refractivity contribution in [3.8, 4) is 0 Å². The number of rotatable bonds is 4. The predicted molar refractivity (Wildman–Crippen MR) is 75.5 cm³/mol. The molecule has 1 unspecified atom stereocenters. The molecule has 0 spiro atoms. The van der Waals surface area contributed by atoms with Crippen LogP contribution >= 0.6 is 11.6 Å². The zero-order chi connectivity index (χ0) is 15.8. The van der Waals surface area contributed by atoms with E-state index in [2.05, 4.69) is 0 Å². The van der Waals surface area contributed by atoms with Gasteiger partial charge in [-0.25, -0.2) is 17.6 Å². The van der Waals surface area contributed by atoms with Crippen LogP contribution in [-0.2, 0) is 10.0 Å². The molecular formula is C13H15ClFNO4S. The van der Waals surface area contributed by atoms with Crippen LogP contribution in [0.25, 0.3) is 0 Å². The van der Waals surface area contributed by atoms with E-state index in [-0.39, 0.29) is 10.8 Å². The summed E-state index contributed by atoms with van der Waals surface area (Å²) in [6.45, 7) is 2.70. The van der Waals surface area contributed by atoms with Crippen molar-refractivity contribution in [2.24, 2.45) is 5.92 Å². The highest BCUT2D eigenvalue weighted by Crippen LogP contribution is 2.29. The van der Waals surface area contributed by atoms with Crippen LogP contribution in [0.2, 0.25) is 5.02 Å². The van der Waals surface area contributed by atoms with E-state index in [0.717, 1.165) is 25.0 Å². The average molecular weight is 336 g/mol. The Kier molecular flexibility index (Phi) is 4.55. The van der Waals surface area contributed by atoms with Crippen molar-refractivity contribution in [3.05, 3.63) is 28.5 Å². The van der Waals surface area contributed by atoms with Crippen LogP contribution in [0.4, 0.5) is 4.39 Å². The van der Waals surface area contributed by atoms with E-state index in [1.165, 1.54) is 4.31 Å². The van der Waals surface area contributed by atoms with Gasteiger partial charge in [0, 0.05) is 13.1 Å². The second kappa shape index (κ2) is 5.90. The Labute approximate surface area is 127 Å². The summed E-state index contributed by atoms with van der Waals surface area (Å²) >= 11 is 5.55. The van der Waals surface area contributed by atoms with Gasteiger partial charge < -0.3 is 5.11 Å². The largest absolute Gasteiger partial charge is 0.478 e. The molecule has 5 nitrogen and oxygen atoms in total. The van der Waals surface area contributed by atoms with Gasteiger partial charge >= 0.3 is 5.97 Å². The third-order valence-electron chi connectivity index (χ3n) is 3.70. The minimum atomic E-state index is -3.91. The van der Waals surface area contributed by atoms with Crippen molar-refractivity contribution >= 4 is 27.6 Å². The third-order valence-corrected chi connectivity index (χ3v) is 5.92. The second-order valence-corrected chi connectivity index (χ2v) is 7.31. The quantitative estimate of drug-likeness (QED) is 0.917. The molecule has 0 bridgehead atoms. The van der Waals surface area contributed by atoms with Gasteiger partial charge in [-0.15, -0.1) is 0 Å². The molecule has 1 saturated heterocycles. The number of sulfonamides is 1. The van der Waals surface area contributed by atoms with Crippen LogP contribution in [0.5, 0.6) is 0 Å². The molecule has 1 aliphatic rings. The van der Waals surface area contributed by atoms with Crippen LogP contribution in [0.15, 0.2) is 17.0 Å². The van der Waals surface area contributed by atoms with E-state index in [1.807, 2.05) is 6.92 Å². The molecule has 116 valence electrons. The maximum atomic E-state index is 13.7. The molecule has 1 aromatic rings. The fourth-order valence-corrected chi connectivity index (χ4v) is 4.13. The Morgan fingerprint density at radius 2 is 2.19 bits per heavy atom. The van der Waals surface area contributed by atoms with Crippen molar-refractivity contribution in [3.63, 3.8) is 0 Å². The topological polar surface area (TPSA) is 74.7 Å². The first-order valence-corrected chi connectivity index (χ1v) is 8.31. The van der Waals surface area contributed by atoms with Crippen LogP contribution in [0.3, 0.4) is 0 Å². The Morgan fingerprint density at radius 1 is 1.52 bits per heavy atom. The lowest BCUT2D eigenvalue weighted by molar-refractivity contribution is 0.0696. The van der Waals surface area contributed by atoms with Crippen LogP contribution < -0.4 is 0 Å². The Morgan fingerprint density at radius 3 is 2.71 bits per heavy atom. The summed E-state index contributed by atoms with van der Waals surface area (Å²) in [5.74, 6) is -2.25. The molecule has 1 aromatic carbocycles.